The third-order valence-corrected chi connectivity index (χ3v) is 9.65. The topological polar surface area (TPSA) is 103 Å². The SMILES string of the molecule is COc1cc(OC)c(-c2nc(NC(=O)c3cc4cc(C)cc(C)c4n3CC(=O)O)sc2CCC2CCCCC2)cc1Br. The Hall–Kier alpha value is -3.37. The van der Waals surface area contributed by atoms with Gasteiger partial charge in [-0.15, -0.1) is 11.3 Å². The zero-order valence-corrected chi connectivity index (χ0v) is 26.8. The van der Waals surface area contributed by atoms with Gasteiger partial charge in [-0.2, -0.15) is 0 Å². The van der Waals surface area contributed by atoms with Crippen LogP contribution >= 0.6 is 27.3 Å². The fraction of sp³-hybridized carbons (Fsp3) is 0.406. The molecule has 222 valence electrons. The van der Waals surface area contributed by atoms with Crippen LogP contribution in [-0.2, 0) is 17.8 Å². The van der Waals surface area contributed by atoms with Crippen LogP contribution in [0.1, 0.15) is 65.0 Å². The van der Waals surface area contributed by atoms with E-state index in [4.69, 9.17) is 14.5 Å². The number of aliphatic carboxylic acids is 1. The number of benzene rings is 2. The van der Waals surface area contributed by atoms with Crippen LogP contribution in [0.25, 0.3) is 22.2 Å². The van der Waals surface area contributed by atoms with E-state index >= 15 is 0 Å². The highest BCUT2D eigenvalue weighted by atomic mass is 79.9. The first-order valence-electron chi connectivity index (χ1n) is 14.2. The van der Waals surface area contributed by atoms with E-state index in [1.165, 1.54) is 43.4 Å². The Morgan fingerprint density at radius 1 is 1.07 bits per heavy atom. The summed E-state index contributed by atoms with van der Waals surface area (Å²) in [6, 6.07) is 9.50. The molecule has 1 saturated carbocycles. The molecule has 0 radical (unpaired) electrons. The van der Waals surface area contributed by atoms with Crippen LogP contribution in [0.3, 0.4) is 0 Å². The lowest BCUT2D eigenvalue weighted by Crippen LogP contribution is -2.20. The summed E-state index contributed by atoms with van der Waals surface area (Å²) in [5, 5.41) is 13.9. The summed E-state index contributed by atoms with van der Waals surface area (Å²) in [6.07, 6.45) is 8.29. The maximum atomic E-state index is 13.7. The number of hydrogen-bond acceptors (Lipinski definition) is 6. The number of nitrogens with zero attached hydrogens (tertiary/aromatic N) is 2. The second-order valence-electron chi connectivity index (χ2n) is 11.0. The normalized spacial score (nSPS) is 13.8. The number of methoxy groups -OCH3 is 2. The molecule has 0 aliphatic heterocycles. The van der Waals surface area contributed by atoms with Crippen LogP contribution in [0.15, 0.2) is 34.8 Å². The largest absolute Gasteiger partial charge is 0.496 e. The first-order chi connectivity index (χ1) is 20.2. The molecule has 0 spiro atoms. The molecule has 2 N–H and O–H groups in total. The van der Waals surface area contributed by atoms with E-state index in [0.717, 1.165) is 55.5 Å². The quantitative estimate of drug-likeness (QED) is 0.180. The fourth-order valence-electron chi connectivity index (χ4n) is 6.11. The van der Waals surface area contributed by atoms with Crippen molar-refractivity contribution in [3.8, 4) is 22.8 Å². The molecule has 2 heterocycles. The van der Waals surface area contributed by atoms with Crippen LogP contribution in [0, 0.1) is 19.8 Å². The molecule has 2 aromatic heterocycles. The van der Waals surface area contributed by atoms with Gasteiger partial charge in [0.15, 0.2) is 5.13 Å². The van der Waals surface area contributed by atoms with Crippen LogP contribution in [-0.4, -0.2) is 40.8 Å². The lowest BCUT2D eigenvalue weighted by Gasteiger charge is -2.21. The Morgan fingerprint density at radius 3 is 2.50 bits per heavy atom. The van der Waals surface area contributed by atoms with Gasteiger partial charge in [-0.05, 0) is 72.3 Å². The molecular formula is C32H36BrN3O5S. The summed E-state index contributed by atoms with van der Waals surface area (Å²) in [4.78, 5) is 31.5. The zero-order chi connectivity index (χ0) is 30.0. The Kier molecular flexibility index (Phi) is 9.22. The molecule has 0 bridgehead atoms. The molecule has 1 amide bonds. The third kappa shape index (κ3) is 6.34. The van der Waals surface area contributed by atoms with Crippen LogP contribution in [0.2, 0.25) is 0 Å². The van der Waals surface area contributed by atoms with Gasteiger partial charge < -0.3 is 19.1 Å². The van der Waals surface area contributed by atoms with E-state index in [9.17, 15) is 14.7 Å². The van der Waals surface area contributed by atoms with Gasteiger partial charge in [-0.1, -0.05) is 43.7 Å². The highest BCUT2D eigenvalue weighted by molar-refractivity contribution is 9.10. The molecule has 1 fully saturated rings. The number of amides is 1. The lowest BCUT2D eigenvalue weighted by atomic mass is 9.86. The van der Waals surface area contributed by atoms with E-state index in [-0.39, 0.29) is 12.2 Å². The van der Waals surface area contributed by atoms with Crippen LogP contribution < -0.4 is 14.8 Å². The number of rotatable bonds is 10. The standard InChI is InChI=1S/C32H36BrN3O5S/c1-18-12-19(2)30-21(13-18)14-24(36(30)17-28(37)38)31(39)35-32-34-29(22-15-23(33)26(41-4)16-25(22)40-3)27(42-32)11-10-20-8-6-5-7-9-20/h12-16,20H,5-11,17H2,1-4H3,(H,37,38)(H,34,35,39). The van der Waals surface area contributed by atoms with Crippen molar-refractivity contribution in [2.45, 2.75) is 65.3 Å². The monoisotopic (exact) mass is 653 g/mol. The molecule has 5 rings (SSSR count). The second-order valence-corrected chi connectivity index (χ2v) is 12.9. The van der Waals surface area contributed by atoms with Crippen molar-refractivity contribution in [2.24, 2.45) is 5.92 Å². The first-order valence-corrected chi connectivity index (χ1v) is 15.8. The molecule has 0 unspecified atom stereocenters. The van der Waals surface area contributed by atoms with Crippen molar-refractivity contribution < 1.29 is 24.2 Å². The fourth-order valence-corrected chi connectivity index (χ4v) is 7.60. The number of aryl methyl sites for hydroxylation is 3. The summed E-state index contributed by atoms with van der Waals surface area (Å²) >= 11 is 5.06. The van der Waals surface area contributed by atoms with Crippen LogP contribution in [0.4, 0.5) is 5.13 Å². The van der Waals surface area contributed by atoms with E-state index in [1.54, 1.807) is 24.9 Å². The number of nitrogens with one attached hydrogen (secondary N) is 1. The number of ether oxygens (including phenoxy) is 2. The van der Waals surface area contributed by atoms with Gasteiger partial charge in [0.05, 0.1) is 29.9 Å². The number of hydrogen-bond donors (Lipinski definition) is 2. The molecule has 2 aromatic carbocycles. The maximum Gasteiger partial charge on any atom is 0.323 e. The van der Waals surface area contributed by atoms with Crippen molar-refractivity contribution in [1.82, 2.24) is 9.55 Å². The summed E-state index contributed by atoms with van der Waals surface area (Å²) in [5.41, 5.74) is 4.58. The minimum absolute atomic E-state index is 0.284. The Bertz CT molecular complexity index is 1640. The molecule has 8 nitrogen and oxygen atoms in total. The molecule has 10 heteroatoms. The smallest absolute Gasteiger partial charge is 0.323 e. The Morgan fingerprint density at radius 2 is 1.81 bits per heavy atom. The van der Waals surface area contributed by atoms with Crippen molar-refractivity contribution in [1.29, 1.82) is 0 Å². The van der Waals surface area contributed by atoms with E-state index in [0.29, 0.717) is 22.5 Å². The highest BCUT2D eigenvalue weighted by Gasteiger charge is 2.24. The van der Waals surface area contributed by atoms with Crippen molar-refractivity contribution in [3.05, 3.63) is 56.5 Å². The predicted molar refractivity (Wildman–Crippen MR) is 170 cm³/mol. The number of aromatic nitrogens is 2. The van der Waals surface area contributed by atoms with Gasteiger partial charge in [0.2, 0.25) is 0 Å². The first kappa shape index (κ1) is 30.1. The average molecular weight is 655 g/mol. The number of carboxylic acid groups (broad SMARTS) is 1. The minimum Gasteiger partial charge on any atom is -0.496 e. The number of thiazole rings is 1. The predicted octanol–water partition coefficient (Wildman–Crippen LogP) is 8.01. The number of fused-ring (bicyclic) bond motifs is 1. The average Bonchev–Trinajstić information content (AvgIpc) is 3.52. The minimum atomic E-state index is -1.01. The summed E-state index contributed by atoms with van der Waals surface area (Å²) in [5.74, 6) is 0.561. The third-order valence-electron chi connectivity index (χ3n) is 8.00. The summed E-state index contributed by atoms with van der Waals surface area (Å²) in [6.45, 7) is 3.60. The zero-order valence-electron chi connectivity index (χ0n) is 24.4. The van der Waals surface area contributed by atoms with E-state index in [2.05, 4.69) is 21.2 Å². The van der Waals surface area contributed by atoms with Crippen molar-refractivity contribution in [2.75, 3.05) is 19.5 Å². The van der Waals surface area contributed by atoms with Crippen molar-refractivity contribution in [3.63, 3.8) is 0 Å². The molecule has 1 aliphatic carbocycles. The highest BCUT2D eigenvalue weighted by Crippen LogP contribution is 2.43. The molecule has 0 saturated heterocycles. The Balaban J connectivity index is 1.53. The number of carbonyl (C=O) groups is 2. The van der Waals surface area contributed by atoms with Gasteiger partial charge >= 0.3 is 5.97 Å². The molecular weight excluding hydrogens is 618 g/mol. The number of anilines is 1. The van der Waals surface area contributed by atoms with Crippen LogP contribution in [0.5, 0.6) is 11.5 Å². The molecule has 1 aliphatic rings. The van der Waals surface area contributed by atoms with Gasteiger partial charge in [-0.25, -0.2) is 4.98 Å². The van der Waals surface area contributed by atoms with E-state index < -0.39 is 11.9 Å². The molecule has 4 aromatic rings. The summed E-state index contributed by atoms with van der Waals surface area (Å²) in [7, 11) is 3.23. The maximum absolute atomic E-state index is 13.7. The van der Waals surface area contributed by atoms with Crippen molar-refractivity contribution >= 4 is 55.2 Å². The van der Waals surface area contributed by atoms with Gasteiger partial charge in [0, 0.05) is 21.9 Å². The van der Waals surface area contributed by atoms with Gasteiger partial charge in [-0.3, -0.25) is 14.9 Å². The number of carbonyl (C=O) groups excluding carboxylic acids is 1. The number of halogens is 1. The second kappa shape index (κ2) is 12.9. The van der Waals surface area contributed by atoms with Gasteiger partial charge in [0.25, 0.3) is 5.91 Å². The van der Waals surface area contributed by atoms with Gasteiger partial charge in [0.1, 0.15) is 23.7 Å². The number of carboxylic acids is 1. The lowest BCUT2D eigenvalue weighted by molar-refractivity contribution is -0.137. The summed E-state index contributed by atoms with van der Waals surface area (Å²) < 4.78 is 13.6. The van der Waals surface area contributed by atoms with E-state index in [1.807, 2.05) is 38.1 Å². The molecule has 42 heavy (non-hydrogen) atoms. The molecule has 0 atom stereocenters. The Labute approximate surface area is 258 Å².